The van der Waals surface area contributed by atoms with Gasteiger partial charge in [-0.2, -0.15) is 0 Å². The lowest BCUT2D eigenvalue weighted by molar-refractivity contribution is -0.122. The standard InChI is InChI=1S/C29H30N4O6/c1-37-25-6-3-20-15-26(25)39-13-2-12-33(29(36)19-7-9-30-10-8-19)18-28(35)31-11-14-38-21-4-5-22-23(20)17-27(34)32-24(22)16-21/h3-10,15-16,23H,2,11-14,17-18H2,1H3,(H,31,35)(H,32,34). The monoisotopic (exact) mass is 530 g/mol. The Morgan fingerprint density at radius 2 is 1.87 bits per heavy atom. The molecule has 10 heteroatoms. The van der Waals surface area contributed by atoms with Gasteiger partial charge in [0, 0.05) is 48.6 Å². The van der Waals surface area contributed by atoms with Crippen molar-refractivity contribution in [3.05, 3.63) is 77.6 Å². The van der Waals surface area contributed by atoms with E-state index in [9.17, 15) is 14.4 Å². The molecular weight excluding hydrogens is 500 g/mol. The van der Waals surface area contributed by atoms with Gasteiger partial charge in [-0.05, 0) is 47.9 Å². The van der Waals surface area contributed by atoms with Crippen LogP contribution in [-0.2, 0) is 9.59 Å². The summed E-state index contributed by atoms with van der Waals surface area (Å²) >= 11 is 0. The van der Waals surface area contributed by atoms with Gasteiger partial charge in [0.25, 0.3) is 5.91 Å². The van der Waals surface area contributed by atoms with Crippen LogP contribution in [0.25, 0.3) is 0 Å². The minimum Gasteiger partial charge on any atom is -0.493 e. The van der Waals surface area contributed by atoms with Gasteiger partial charge >= 0.3 is 0 Å². The van der Waals surface area contributed by atoms with E-state index in [4.69, 9.17) is 14.2 Å². The Morgan fingerprint density at radius 3 is 2.69 bits per heavy atom. The molecule has 0 aliphatic carbocycles. The zero-order valence-corrected chi connectivity index (χ0v) is 21.6. The molecule has 1 unspecified atom stereocenters. The molecule has 6 rings (SSSR count). The summed E-state index contributed by atoms with van der Waals surface area (Å²) in [5.74, 6) is 0.888. The lowest BCUT2D eigenvalue weighted by Crippen LogP contribution is -2.42. The summed E-state index contributed by atoms with van der Waals surface area (Å²) in [5, 5.41) is 5.75. The number of nitrogens with one attached hydrogen (secondary N) is 2. The third-order valence-electron chi connectivity index (χ3n) is 6.73. The molecule has 10 nitrogen and oxygen atoms in total. The number of hydrogen-bond donors (Lipinski definition) is 2. The van der Waals surface area contributed by atoms with Gasteiger partial charge in [-0.1, -0.05) is 12.1 Å². The minimum absolute atomic E-state index is 0.0833. The van der Waals surface area contributed by atoms with Crippen LogP contribution in [0, 0.1) is 0 Å². The van der Waals surface area contributed by atoms with Gasteiger partial charge in [-0.25, -0.2) is 0 Å². The number of carbonyl (C=O) groups excluding carboxylic acids is 3. The quantitative estimate of drug-likeness (QED) is 0.489. The number of nitrogens with zero attached hydrogens (tertiary/aromatic N) is 2. The van der Waals surface area contributed by atoms with Crippen LogP contribution in [0.5, 0.6) is 17.2 Å². The summed E-state index contributed by atoms with van der Waals surface area (Å²) in [7, 11) is 1.57. The second-order valence-corrected chi connectivity index (χ2v) is 9.33. The highest BCUT2D eigenvalue weighted by Crippen LogP contribution is 2.41. The summed E-state index contributed by atoms with van der Waals surface area (Å²) in [4.78, 5) is 43.9. The highest BCUT2D eigenvalue weighted by atomic mass is 16.5. The van der Waals surface area contributed by atoms with Crippen molar-refractivity contribution in [2.45, 2.75) is 18.8 Å². The maximum absolute atomic E-state index is 13.1. The number of aromatic nitrogens is 1. The Labute approximate surface area is 226 Å². The first kappa shape index (κ1) is 26.0. The molecule has 39 heavy (non-hydrogen) atoms. The molecule has 1 aromatic heterocycles. The molecule has 0 spiro atoms. The average molecular weight is 531 g/mol. The van der Waals surface area contributed by atoms with Crippen LogP contribution in [0.15, 0.2) is 60.9 Å². The van der Waals surface area contributed by atoms with Gasteiger partial charge in [0.2, 0.25) is 11.8 Å². The molecule has 4 heterocycles. The maximum atomic E-state index is 13.1. The van der Waals surface area contributed by atoms with E-state index in [1.165, 1.54) is 4.90 Å². The average Bonchev–Trinajstić information content (AvgIpc) is 2.96. The summed E-state index contributed by atoms with van der Waals surface area (Å²) in [6, 6.07) is 14.5. The first-order valence-electron chi connectivity index (χ1n) is 12.8. The van der Waals surface area contributed by atoms with Crippen LogP contribution < -0.4 is 24.8 Å². The number of hydrogen-bond acceptors (Lipinski definition) is 7. The molecule has 0 saturated carbocycles. The van der Waals surface area contributed by atoms with E-state index in [0.29, 0.717) is 54.5 Å². The number of benzene rings is 2. The first-order chi connectivity index (χ1) is 19.0. The second-order valence-electron chi connectivity index (χ2n) is 9.33. The van der Waals surface area contributed by atoms with Crippen molar-refractivity contribution < 1.29 is 28.6 Å². The largest absolute Gasteiger partial charge is 0.493 e. The molecule has 0 radical (unpaired) electrons. The predicted octanol–water partition coefficient (Wildman–Crippen LogP) is 2.98. The van der Waals surface area contributed by atoms with Gasteiger partial charge < -0.3 is 29.7 Å². The van der Waals surface area contributed by atoms with Crippen LogP contribution in [0.2, 0.25) is 0 Å². The van der Waals surface area contributed by atoms with Crippen molar-refractivity contribution in [1.82, 2.24) is 15.2 Å². The van der Waals surface area contributed by atoms with Crippen LogP contribution in [0.3, 0.4) is 0 Å². The van der Waals surface area contributed by atoms with E-state index in [1.54, 1.807) is 37.7 Å². The summed E-state index contributed by atoms with van der Waals surface area (Å²) < 4.78 is 17.4. The van der Waals surface area contributed by atoms with Gasteiger partial charge in [-0.3, -0.25) is 19.4 Å². The van der Waals surface area contributed by atoms with E-state index in [0.717, 1.165) is 11.1 Å². The lowest BCUT2D eigenvalue weighted by atomic mass is 9.84. The van der Waals surface area contributed by atoms with Gasteiger partial charge in [0.15, 0.2) is 11.5 Å². The third-order valence-corrected chi connectivity index (χ3v) is 6.73. The van der Waals surface area contributed by atoms with E-state index in [2.05, 4.69) is 15.6 Å². The number of rotatable bonds is 2. The summed E-state index contributed by atoms with van der Waals surface area (Å²) in [6.45, 7) is 0.989. The number of carbonyl (C=O) groups is 3. The number of fused-ring (bicyclic) bond motifs is 11. The van der Waals surface area contributed by atoms with E-state index < -0.39 is 0 Å². The molecule has 202 valence electrons. The molecule has 0 fully saturated rings. The van der Waals surface area contributed by atoms with E-state index in [1.807, 2.05) is 30.3 Å². The Kier molecular flexibility index (Phi) is 7.91. The first-order valence-corrected chi connectivity index (χ1v) is 12.8. The molecule has 6 bridgehead atoms. The fourth-order valence-corrected chi connectivity index (χ4v) is 4.81. The highest BCUT2D eigenvalue weighted by Gasteiger charge is 2.28. The zero-order valence-electron chi connectivity index (χ0n) is 21.6. The Hall–Kier alpha value is -4.60. The van der Waals surface area contributed by atoms with E-state index >= 15 is 0 Å². The fourth-order valence-electron chi connectivity index (χ4n) is 4.81. The van der Waals surface area contributed by atoms with Crippen molar-refractivity contribution in [2.24, 2.45) is 0 Å². The Bertz CT molecular complexity index is 1360. The number of ether oxygens (including phenoxy) is 3. The molecule has 3 aromatic rings. The molecule has 0 saturated heterocycles. The van der Waals surface area contributed by atoms with Gasteiger partial charge in [-0.15, -0.1) is 0 Å². The topological polar surface area (TPSA) is 119 Å². The number of anilines is 1. The van der Waals surface area contributed by atoms with E-state index in [-0.39, 0.29) is 43.3 Å². The molecule has 3 aliphatic heterocycles. The lowest BCUT2D eigenvalue weighted by Gasteiger charge is -2.27. The smallest absolute Gasteiger partial charge is 0.254 e. The fraction of sp³-hybridized carbons (Fsp3) is 0.310. The van der Waals surface area contributed by atoms with Crippen molar-refractivity contribution in [2.75, 3.05) is 45.3 Å². The van der Waals surface area contributed by atoms with Crippen LogP contribution in [0.1, 0.15) is 40.2 Å². The number of pyridine rings is 1. The molecular formula is C29H30N4O6. The van der Waals surface area contributed by atoms with Crippen LogP contribution in [-0.4, -0.2) is 67.6 Å². The molecule has 3 amide bonds. The van der Waals surface area contributed by atoms with Crippen molar-refractivity contribution >= 4 is 23.4 Å². The highest BCUT2D eigenvalue weighted by molar-refractivity contribution is 5.96. The van der Waals surface area contributed by atoms with Crippen LogP contribution in [0.4, 0.5) is 5.69 Å². The molecule has 3 aliphatic rings. The van der Waals surface area contributed by atoms with Crippen molar-refractivity contribution in [1.29, 1.82) is 0 Å². The maximum Gasteiger partial charge on any atom is 0.254 e. The predicted molar refractivity (Wildman–Crippen MR) is 143 cm³/mol. The number of methoxy groups -OCH3 is 1. The Balaban J connectivity index is 1.43. The van der Waals surface area contributed by atoms with Gasteiger partial charge in [0.05, 0.1) is 26.8 Å². The second kappa shape index (κ2) is 11.8. The summed E-state index contributed by atoms with van der Waals surface area (Å²) in [5.41, 5.74) is 3.06. The molecule has 2 aromatic carbocycles. The van der Waals surface area contributed by atoms with Gasteiger partial charge in [0.1, 0.15) is 12.4 Å². The van der Waals surface area contributed by atoms with Crippen molar-refractivity contribution in [3.63, 3.8) is 0 Å². The Morgan fingerprint density at radius 1 is 1.03 bits per heavy atom. The SMILES string of the molecule is COc1ccc2cc1OCCCN(C(=O)c1ccncc1)CC(=O)NCCOc1ccc3c(c1)NC(=O)CC23. The van der Waals surface area contributed by atoms with Crippen LogP contribution >= 0.6 is 0 Å². The van der Waals surface area contributed by atoms with Crippen molar-refractivity contribution in [3.8, 4) is 17.2 Å². The summed E-state index contributed by atoms with van der Waals surface area (Å²) in [6.07, 6.45) is 3.88. The minimum atomic E-state index is -0.297. The molecule has 2 N–H and O–H groups in total. The third kappa shape index (κ3) is 6.11. The zero-order chi connectivity index (χ0) is 27.2. The molecule has 1 atom stereocenters. The normalized spacial score (nSPS) is 17.9. The number of amides is 3.